The van der Waals surface area contributed by atoms with E-state index in [4.69, 9.17) is 10.8 Å². The molecule has 33 heavy (non-hydrogen) atoms. The average Bonchev–Trinajstić information content (AvgIpc) is 2.78. The van der Waals surface area contributed by atoms with Gasteiger partial charge in [0.2, 0.25) is 0 Å². The second-order valence-electron chi connectivity index (χ2n) is 8.31. The van der Waals surface area contributed by atoms with Crippen molar-refractivity contribution in [2.24, 2.45) is 4.99 Å². The van der Waals surface area contributed by atoms with Gasteiger partial charge in [0.1, 0.15) is 11.5 Å². The molecule has 0 heterocycles. The molecule has 0 bridgehead atoms. The van der Waals surface area contributed by atoms with Crippen LogP contribution in [0.5, 0.6) is 0 Å². The molecule has 0 atom stereocenters. The Bertz CT molecular complexity index is 1120. The van der Waals surface area contributed by atoms with Crippen LogP contribution < -0.4 is 0 Å². The molecular formula is C27H36FN5. The van der Waals surface area contributed by atoms with Crippen molar-refractivity contribution in [3.8, 4) is 6.07 Å². The van der Waals surface area contributed by atoms with E-state index in [1.165, 1.54) is 0 Å². The van der Waals surface area contributed by atoms with Gasteiger partial charge in [-0.1, -0.05) is 31.1 Å². The molecule has 0 saturated heterocycles. The maximum atomic E-state index is 16.1. The number of hydrogen-bond acceptors (Lipinski definition) is 4. The molecule has 1 rings (SSSR count). The molecule has 0 saturated carbocycles. The van der Waals surface area contributed by atoms with Crippen molar-refractivity contribution in [1.82, 2.24) is 4.90 Å². The van der Waals surface area contributed by atoms with E-state index in [9.17, 15) is 5.26 Å². The van der Waals surface area contributed by atoms with Crippen LogP contribution >= 0.6 is 0 Å². The molecule has 0 spiro atoms. The minimum atomic E-state index is -0.680. The minimum absolute atomic E-state index is 0.0297. The van der Waals surface area contributed by atoms with Crippen LogP contribution in [0.1, 0.15) is 70.7 Å². The van der Waals surface area contributed by atoms with Crippen LogP contribution in [0.25, 0.3) is 0 Å². The first-order valence-electron chi connectivity index (χ1n) is 11.1. The van der Waals surface area contributed by atoms with E-state index in [0.717, 1.165) is 22.3 Å². The highest BCUT2D eigenvalue weighted by Gasteiger charge is 2.30. The molecule has 2 N–H and O–H groups in total. The Morgan fingerprint density at radius 3 is 1.97 bits per heavy atom. The fourth-order valence-corrected chi connectivity index (χ4v) is 3.93. The van der Waals surface area contributed by atoms with Crippen LogP contribution in [0, 0.1) is 28.0 Å². The number of hydrogen-bond donors (Lipinski definition) is 2. The second kappa shape index (κ2) is 11.5. The molecule has 0 aliphatic heterocycles. The summed E-state index contributed by atoms with van der Waals surface area (Å²) in [6.45, 7) is 16.7. The second-order valence-corrected chi connectivity index (χ2v) is 8.31. The molecule has 1 aromatic carbocycles. The summed E-state index contributed by atoms with van der Waals surface area (Å²) in [4.78, 5) is 5.57. The lowest BCUT2D eigenvalue weighted by Gasteiger charge is -2.25. The van der Waals surface area contributed by atoms with Crippen LogP contribution in [-0.4, -0.2) is 37.3 Å². The predicted octanol–water partition coefficient (Wildman–Crippen LogP) is 6.68. The SMILES string of the molecule is C=Nc1c(F)c(C(=N)/C(C(C#N)=C(C)C)=C(C)\C(C)=C/C)c(CC)c(CC)c1C(=N)N(C)C. The molecule has 0 radical (unpaired) electrons. The van der Waals surface area contributed by atoms with E-state index in [1.54, 1.807) is 19.0 Å². The number of halogens is 1. The molecule has 1 aromatic rings. The fourth-order valence-electron chi connectivity index (χ4n) is 3.93. The summed E-state index contributed by atoms with van der Waals surface area (Å²) in [5.74, 6) is -0.542. The van der Waals surface area contributed by atoms with Crippen molar-refractivity contribution in [3.05, 3.63) is 62.0 Å². The molecule has 5 nitrogen and oxygen atoms in total. The zero-order valence-electron chi connectivity index (χ0n) is 21.4. The highest BCUT2D eigenvalue weighted by Crippen LogP contribution is 2.37. The van der Waals surface area contributed by atoms with Crippen molar-refractivity contribution in [2.75, 3.05) is 14.1 Å². The van der Waals surface area contributed by atoms with Crippen LogP contribution in [0.15, 0.2) is 38.9 Å². The lowest BCUT2D eigenvalue weighted by molar-refractivity contribution is 0.609. The van der Waals surface area contributed by atoms with Gasteiger partial charge in [-0.05, 0) is 70.9 Å². The smallest absolute Gasteiger partial charge is 0.159 e. The predicted molar refractivity (Wildman–Crippen MR) is 138 cm³/mol. The number of nitrogens with zero attached hydrogens (tertiary/aromatic N) is 3. The van der Waals surface area contributed by atoms with Gasteiger partial charge in [-0.25, -0.2) is 4.39 Å². The maximum Gasteiger partial charge on any atom is 0.159 e. The molecule has 6 heteroatoms. The number of rotatable bonds is 8. The Kier molecular flexibility index (Phi) is 9.66. The Hall–Kier alpha value is -3.33. The molecule has 176 valence electrons. The van der Waals surface area contributed by atoms with Crippen molar-refractivity contribution in [2.45, 2.75) is 61.3 Å². The van der Waals surface area contributed by atoms with Gasteiger partial charge in [-0.15, -0.1) is 0 Å². The van der Waals surface area contributed by atoms with Gasteiger partial charge in [0.15, 0.2) is 5.82 Å². The van der Waals surface area contributed by atoms with E-state index < -0.39 is 5.82 Å². The largest absolute Gasteiger partial charge is 0.363 e. The zero-order valence-corrected chi connectivity index (χ0v) is 21.4. The van der Waals surface area contributed by atoms with Gasteiger partial charge in [-0.2, -0.15) is 5.26 Å². The maximum absolute atomic E-state index is 16.1. The number of amidine groups is 1. The highest BCUT2D eigenvalue weighted by atomic mass is 19.1. The summed E-state index contributed by atoms with van der Waals surface area (Å²) in [5.41, 5.74) is 5.05. The normalized spacial score (nSPS) is 12.0. The number of nitriles is 1. The van der Waals surface area contributed by atoms with E-state index in [0.29, 0.717) is 35.1 Å². The van der Waals surface area contributed by atoms with Gasteiger partial charge in [0, 0.05) is 30.8 Å². The van der Waals surface area contributed by atoms with Crippen molar-refractivity contribution in [3.63, 3.8) is 0 Å². The van der Waals surface area contributed by atoms with Gasteiger partial charge < -0.3 is 4.90 Å². The summed E-state index contributed by atoms with van der Waals surface area (Å²) in [6, 6.07) is 2.23. The van der Waals surface area contributed by atoms with Crippen LogP contribution in [0.2, 0.25) is 0 Å². The van der Waals surface area contributed by atoms with Gasteiger partial charge >= 0.3 is 0 Å². The highest BCUT2D eigenvalue weighted by molar-refractivity contribution is 6.17. The Morgan fingerprint density at radius 2 is 1.61 bits per heavy atom. The third-order valence-corrected chi connectivity index (χ3v) is 5.94. The van der Waals surface area contributed by atoms with E-state index >= 15 is 4.39 Å². The Morgan fingerprint density at radius 1 is 1.09 bits per heavy atom. The monoisotopic (exact) mass is 449 g/mol. The summed E-state index contributed by atoms with van der Waals surface area (Å²) >= 11 is 0. The molecule has 0 fully saturated rings. The van der Waals surface area contributed by atoms with Crippen molar-refractivity contribution >= 4 is 24.0 Å². The summed E-state index contributed by atoms with van der Waals surface area (Å²) in [6.07, 6.45) is 2.92. The first kappa shape index (κ1) is 27.7. The molecule has 0 aromatic heterocycles. The number of aliphatic imine (C=N–C) groups is 1. The topological polar surface area (TPSA) is 87.1 Å². The molecule has 0 amide bonds. The Balaban J connectivity index is 4.31. The van der Waals surface area contributed by atoms with E-state index in [2.05, 4.69) is 17.8 Å². The number of nitrogens with one attached hydrogen (secondary N) is 2. The zero-order chi connectivity index (χ0) is 25.6. The lowest BCUT2D eigenvalue weighted by atomic mass is 9.82. The summed E-state index contributed by atoms with van der Waals surface area (Å²) < 4.78 is 16.1. The first-order chi connectivity index (χ1) is 15.4. The van der Waals surface area contributed by atoms with Gasteiger partial charge in [0.25, 0.3) is 0 Å². The molecule has 0 aliphatic rings. The minimum Gasteiger partial charge on any atom is -0.363 e. The number of benzene rings is 1. The van der Waals surface area contributed by atoms with Crippen LogP contribution in [0.4, 0.5) is 10.1 Å². The fraction of sp³-hybridized carbons (Fsp3) is 0.407. The van der Waals surface area contributed by atoms with Crippen LogP contribution in [0.3, 0.4) is 0 Å². The van der Waals surface area contributed by atoms with E-state index in [1.807, 2.05) is 54.5 Å². The van der Waals surface area contributed by atoms with Gasteiger partial charge in [-0.3, -0.25) is 15.8 Å². The van der Waals surface area contributed by atoms with Gasteiger partial charge in [0.05, 0.1) is 17.4 Å². The first-order valence-corrected chi connectivity index (χ1v) is 11.1. The lowest BCUT2D eigenvalue weighted by Crippen LogP contribution is -2.26. The quantitative estimate of drug-likeness (QED) is 0.201. The Labute approximate surface area is 198 Å². The van der Waals surface area contributed by atoms with Crippen molar-refractivity contribution < 1.29 is 4.39 Å². The molecule has 0 unspecified atom stereocenters. The van der Waals surface area contributed by atoms with Crippen molar-refractivity contribution in [1.29, 1.82) is 16.1 Å². The third-order valence-electron chi connectivity index (χ3n) is 5.94. The molecule has 0 aliphatic carbocycles. The number of allylic oxidation sites excluding steroid dienone is 6. The van der Waals surface area contributed by atoms with E-state index in [-0.39, 0.29) is 22.8 Å². The van der Waals surface area contributed by atoms with Crippen LogP contribution in [-0.2, 0) is 12.8 Å². The summed E-state index contributed by atoms with van der Waals surface area (Å²) in [5, 5.41) is 27.7. The average molecular weight is 450 g/mol. The summed E-state index contributed by atoms with van der Waals surface area (Å²) in [7, 11) is 3.46. The standard InChI is InChI=1S/C27H36FN5/c1-11-16(6)17(7)21(20(14-29)15(4)5)25(30)22-18(12-2)19(13-3)23(27(31)33(9)10)26(32-8)24(22)28/h11,30-31H,8,12-13H2,1-7,9-10H3/b16-11-,21-17-,30-25?,31-27?. The third kappa shape index (κ3) is 5.19. The molecular weight excluding hydrogens is 413 g/mol.